The summed E-state index contributed by atoms with van der Waals surface area (Å²) in [5.74, 6) is 2.45. The first-order chi connectivity index (χ1) is 14.2. The third-order valence-electron chi connectivity index (χ3n) is 5.53. The standard InChI is InChI=1S/C23H36N4O2/c1-2-24-23(25-14-6-10-18-7-3-4-8-18)26-16-19-9-5-11-21(15-19)29-17-22(28)27-20-12-13-20/h5,9,11,15,18,20H,2-4,6-8,10,12-14,16-17H2,1H3,(H,27,28)(H2,24,25,26). The molecule has 3 N–H and O–H groups in total. The molecule has 0 heterocycles. The summed E-state index contributed by atoms with van der Waals surface area (Å²) < 4.78 is 5.63. The van der Waals surface area contributed by atoms with Gasteiger partial charge in [-0.15, -0.1) is 0 Å². The van der Waals surface area contributed by atoms with Gasteiger partial charge >= 0.3 is 0 Å². The first kappa shape index (κ1) is 21.5. The van der Waals surface area contributed by atoms with E-state index >= 15 is 0 Å². The number of ether oxygens (including phenoxy) is 1. The lowest BCUT2D eigenvalue weighted by atomic mass is 10.0. The van der Waals surface area contributed by atoms with Crippen molar-refractivity contribution < 1.29 is 9.53 Å². The maximum atomic E-state index is 11.8. The van der Waals surface area contributed by atoms with E-state index in [9.17, 15) is 4.79 Å². The van der Waals surface area contributed by atoms with Gasteiger partial charge in [0.1, 0.15) is 5.75 Å². The van der Waals surface area contributed by atoms with Crippen LogP contribution in [-0.4, -0.2) is 37.6 Å². The lowest BCUT2D eigenvalue weighted by Gasteiger charge is -2.13. The summed E-state index contributed by atoms with van der Waals surface area (Å²) in [6, 6.07) is 8.18. The quantitative estimate of drug-likeness (QED) is 0.302. The van der Waals surface area contributed by atoms with E-state index in [1.807, 2.05) is 24.3 Å². The van der Waals surface area contributed by atoms with E-state index in [2.05, 4.69) is 22.9 Å². The van der Waals surface area contributed by atoms with Crippen LogP contribution >= 0.6 is 0 Å². The van der Waals surface area contributed by atoms with Gasteiger partial charge in [0.05, 0.1) is 6.54 Å². The molecule has 6 nitrogen and oxygen atoms in total. The third-order valence-corrected chi connectivity index (χ3v) is 5.53. The Balaban J connectivity index is 1.41. The molecule has 2 saturated carbocycles. The number of amides is 1. The van der Waals surface area contributed by atoms with Gasteiger partial charge < -0.3 is 20.7 Å². The van der Waals surface area contributed by atoms with Gasteiger partial charge in [-0.3, -0.25) is 4.79 Å². The van der Waals surface area contributed by atoms with Crippen LogP contribution in [0.25, 0.3) is 0 Å². The van der Waals surface area contributed by atoms with Crippen molar-refractivity contribution in [3.8, 4) is 5.75 Å². The number of aliphatic imine (C=N–C) groups is 1. The van der Waals surface area contributed by atoms with Crippen molar-refractivity contribution in [3.05, 3.63) is 29.8 Å². The maximum Gasteiger partial charge on any atom is 0.258 e. The molecule has 2 aliphatic rings. The smallest absolute Gasteiger partial charge is 0.258 e. The van der Waals surface area contributed by atoms with Crippen LogP contribution in [0.4, 0.5) is 0 Å². The van der Waals surface area contributed by atoms with Gasteiger partial charge in [0.15, 0.2) is 12.6 Å². The molecule has 1 aromatic rings. The van der Waals surface area contributed by atoms with E-state index in [0.717, 1.165) is 43.4 Å². The molecular formula is C23H36N4O2. The molecule has 0 spiro atoms. The van der Waals surface area contributed by atoms with E-state index < -0.39 is 0 Å². The summed E-state index contributed by atoms with van der Waals surface area (Å²) >= 11 is 0. The molecule has 0 saturated heterocycles. The lowest BCUT2D eigenvalue weighted by molar-refractivity contribution is -0.123. The van der Waals surface area contributed by atoms with E-state index in [-0.39, 0.29) is 12.5 Å². The van der Waals surface area contributed by atoms with Crippen LogP contribution in [-0.2, 0) is 11.3 Å². The lowest BCUT2D eigenvalue weighted by Crippen LogP contribution is -2.37. The second kappa shape index (κ2) is 11.7. The summed E-state index contributed by atoms with van der Waals surface area (Å²) in [7, 11) is 0. The average Bonchev–Trinajstić information content (AvgIpc) is 3.38. The Morgan fingerprint density at radius 3 is 2.76 bits per heavy atom. The van der Waals surface area contributed by atoms with Crippen molar-refractivity contribution in [2.45, 2.75) is 70.9 Å². The second-order valence-electron chi connectivity index (χ2n) is 8.19. The third kappa shape index (κ3) is 8.34. The topological polar surface area (TPSA) is 74.8 Å². The van der Waals surface area contributed by atoms with Gasteiger partial charge in [-0.2, -0.15) is 0 Å². The normalized spacial score (nSPS) is 17.2. The summed E-state index contributed by atoms with van der Waals surface area (Å²) in [5.41, 5.74) is 1.06. The zero-order chi connectivity index (χ0) is 20.3. The molecule has 0 atom stereocenters. The van der Waals surface area contributed by atoms with E-state index in [1.54, 1.807) is 0 Å². The molecule has 0 bridgehead atoms. The first-order valence-electron chi connectivity index (χ1n) is 11.3. The van der Waals surface area contributed by atoms with Gasteiger partial charge in [0, 0.05) is 19.1 Å². The Morgan fingerprint density at radius 1 is 1.17 bits per heavy atom. The summed E-state index contributed by atoms with van der Waals surface area (Å²) in [6.45, 7) is 4.52. The van der Waals surface area contributed by atoms with Crippen molar-refractivity contribution in [1.29, 1.82) is 0 Å². The predicted molar refractivity (Wildman–Crippen MR) is 117 cm³/mol. The fourth-order valence-electron chi connectivity index (χ4n) is 3.79. The van der Waals surface area contributed by atoms with Crippen molar-refractivity contribution in [2.75, 3.05) is 19.7 Å². The highest BCUT2D eigenvalue weighted by Gasteiger charge is 2.23. The number of carbonyl (C=O) groups is 1. The van der Waals surface area contributed by atoms with Gasteiger partial charge in [0.25, 0.3) is 5.91 Å². The number of carbonyl (C=O) groups excluding carboxylic acids is 1. The Bertz CT molecular complexity index is 667. The number of benzene rings is 1. The van der Waals surface area contributed by atoms with E-state index in [0.29, 0.717) is 18.3 Å². The minimum absolute atomic E-state index is 0.0489. The highest BCUT2D eigenvalue weighted by Crippen LogP contribution is 2.28. The molecule has 1 amide bonds. The van der Waals surface area contributed by atoms with Crippen molar-refractivity contribution in [1.82, 2.24) is 16.0 Å². The van der Waals surface area contributed by atoms with Gasteiger partial charge in [-0.1, -0.05) is 37.8 Å². The Kier molecular flexibility index (Phi) is 8.65. The van der Waals surface area contributed by atoms with Crippen molar-refractivity contribution >= 4 is 11.9 Å². The van der Waals surface area contributed by atoms with Gasteiger partial charge in [-0.05, 0) is 56.2 Å². The molecule has 2 aliphatic carbocycles. The number of hydrogen-bond donors (Lipinski definition) is 3. The average molecular weight is 401 g/mol. The molecule has 160 valence electrons. The largest absolute Gasteiger partial charge is 0.484 e. The van der Waals surface area contributed by atoms with Crippen LogP contribution in [0.15, 0.2) is 29.3 Å². The van der Waals surface area contributed by atoms with Crippen LogP contribution in [0.3, 0.4) is 0 Å². The summed E-state index contributed by atoms with van der Waals surface area (Å²) in [5, 5.41) is 9.70. The minimum atomic E-state index is -0.0489. The van der Waals surface area contributed by atoms with Gasteiger partial charge in [0.2, 0.25) is 0 Å². The Hall–Kier alpha value is -2.24. The van der Waals surface area contributed by atoms with Crippen LogP contribution in [0.1, 0.15) is 63.9 Å². The van der Waals surface area contributed by atoms with Crippen LogP contribution < -0.4 is 20.7 Å². The fourth-order valence-corrected chi connectivity index (χ4v) is 3.79. The number of nitrogens with zero attached hydrogens (tertiary/aromatic N) is 1. The second-order valence-corrected chi connectivity index (χ2v) is 8.19. The van der Waals surface area contributed by atoms with Gasteiger partial charge in [-0.25, -0.2) is 4.99 Å². The molecule has 0 unspecified atom stereocenters. The zero-order valence-corrected chi connectivity index (χ0v) is 17.7. The number of hydrogen-bond acceptors (Lipinski definition) is 3. The predicted octanol–water partition coefficient (Wildman–Crippen LogP) is 3.37. The summed E-state index contributed by atoms with van der Waals surface area (Å²) in [6.07, 6.45) is 10.3. The molecule has 1 aromatic carbocycles. The number of nitrogens with one attached hydrogen (secondary N) is 3. The molecule has 6 heteroatoms. The SMILES string of the molecule is CCNC(=NCc1cccc(OCC(=O)NC2CC2)c1)NCCCC1CCCC1. The monoisotopic (exact) mass is 400 g/mol. The number of guanidine groups is 1. The number of rotatable bonds is 11. The van der Waals surface area contributed by atoms with Crippen LogP contribution in [0.5, 0.6) is 5.75 Å². The Labute approximate surface area is 174 Å². The molecule has 0 aliphatic heterocycles. The molecule has 0 radical (unpaired) electrons. The molecule has 29 heavy (non-hydrogen) atoms. The Morgan fingerprint density at radius 2 is 2.00 bits per heavy atom. The fraction of sp³-hybridized carbons (Fsp3) is 0.652. The summed E-state index contributed by atoms with van der Waals surface area (Å²) in [4.78, 5) is 16.5. The van der Waals surface area contributed by atoms with E-state index in [4.69, 9.17) is 9.73 Å². The van der Waals surface area contributed by atoms with Crippen LogP contribution in [0.2, 0.25) is 0 Å². The van der Waals surface area contributed by atoms with Crippen molar-refractivity contribution in [2.24, 2.45) is 10.9 Å². The molecule has 3 rings (SSSR count). The highest BCUT2D eigenvalue weighted by atomic mass is 16.5. The van der Waals surface area contributed by atoms with Crippen molar-refractivity contribution in [3.63, 3.8) is 0 Å². The molecule has 2 fully saturated rings. The first-order valence-corrected chi connectivity index (χ1v) is 11.3. The zero-order valence-electron chi connectivity index (χ0n) is 17.7. The minimum Gasteiger partial charge on any atom is -0.484 e. The molecule has 0 aromatic heterocycles. The molecular weight excluding hydrogens is 364 g/mol. The highest BCUT2D eigenvalue weighted by molar-refractivity contribution is 5.79. The maximum absolute atomic E-state index is 11.8. The van der Waals surface area contributed by atoms with E-state index in [1.165, 1.54) is 38.5 Å². The van der Waals surface area contributed by atoms with Crippen LogP contribution in [0, 0.1) is 5.92 Å².